The minimum Gasteiger partial charge on any atom is -0.368 e. The number of aromatic nitrogens is 5. The molecule has 3 aromatic rings. The van der Waals surface area contributed by atoms with Crippen LogP contribution in [-0.4, -0.2) is 82.4 Å². The summed E-state index contributed by atoms with van der Waals surface area (Å²) in [7, 11) is -3.19. The minimum absolute atomic E-state index is 0.0559. The van der Waals surface area contributed by atoms with Gasteiger partial charge in [-0.3, -0.25) is 9.67 Å². The lowest BCUT2D eigenvalue weighted by molar-refractivity contribution is -0.0728. The first-order chi connectivity index (χ1) is 16.7. The Bertz CT molecular complexity index is 1310. The second-order valence-electron chi connectivity index (χ2n) is 9.18. The van der Waals surface area contributed by atoms with Crippen LogP contribution >= 0.6 is 0 Å². The van der Waals surface area contributed by atoms with Gasteiger partial charge in [-0.05, 0) is 18.9 Å². The van der Waals surface area contributed by atoms with Crippen LogP contribution in [0.15, 0.2) is 30.9 Å². The molecule has 5 rings (SSSR count). The lowest BCUT2D eigenvalue weighted by atomic mass is 9.95. The van der Waals surface area contributed by atoms with E-state index in [1.807, 2.05) is 10.9 Å². The maximum Gasteiger partial charge on any atom is 0.255 e. The highest BCUT2D eigenvalue weighted by molar-refractivity contribution is 7.88. The van der Waals surface area contributed by atoms with Gasteiger partial charge in [0.25, 0.3) is 5.92 Å². The standard InChI is InChI=1S/C22H28F2N8O2S/c1-35(33,34)31-8-2-17(3-9-31)32-14-15(11-29-32)18-10-19-20(27-7-6-26-19)21(30-18)28-13-16-12-25-5-4-22(16,23)24/h6-7,10-11,14,16-17,25H,2-5,8-9,12-13H2,1H3,(H,28,30)/t16-/m1/s1. The van der Waals surface area contributed by atoms with Crippen LogP contribution in [0.5, 0.6) is 0 Å². The number of piperidine rings is 2. The summed E-state index contributed by atoms with van der Waals surface area (Å²) in [6.07, 6.45) is 9.09. The number of nitrogens with zero attached hydrogens (tertiary/aromatic N) is 6. The number of rotatable bonds is 6. The lowest BCUT2D eigenvalue weighted by Crippen LogP contribution is -2.47. The van der Waals surface area contributed by atoms with Gasteiger partial charge >= 0.3 is 0 Å². The zero-order valence-electron chi connectivity index (χ0n) is 19.4. The monoisotopic (exact) mass is 506 g/mol. The zero-order chi connectivity index (χ0) is 24.6. The summed E-state index contributed by atoms with van der Waals surface area (Å²) in [4.78, 5) is 13.4. The van der Waals surface area contributed by atoms with Crippen LogP contribution in [0.25, 0.3) is 22.3 Å². The molecule has 2 aliphatic rings. The minimum atomic E-state index is -3.19. The molecule has 188 valence electrons. The largest absolute Gasteiger partial charge is 0.368 e. The predicted molar refractivity (Wildman–Crippen MR) is 128 cm³/mol. The van der Waals surface area contributed by atoms with E-state index in [0.717, 1.165) is 5.56 Å². The van der Waals surface area contributed by atoms with Crippen molar-refractivity contribution in [2.45, 2.75) is 31.2 Å². The molecule has 2 fully saturated rings. The van der Waals surface area contributed by atoms with E-state index in [0.29, 0.717) is 55.0 Å². The Hall–Kier alpha value is -2.77. The van der Waals surface area contributed by atoms with Gasteiger partial charge in [0.1, 0.15) is 5.52 Å². The maximum atomic E-state index is 14.3. The topological polar surface area (TPSA) is 118 Å². The van der Waals surface area contributed by atoms with Gasteiger partial charge in [0.2, 0.25) is 10.0 Å². The van der Waals surface area contributed by atoms with Gasteiger partial charge in [-0.25, -0.2) is 31.5 Å². The quantitative estimate of drug-likeness (QED) is 0.522. The van der Waals surface area contributed by atoms with Crippen LogP contribution in [0.3, 0.4) is 0 Å². The Balaban J connectivity index is 1.37. The molecule has 2 N–H and O–H groups in total. The Labute approximate surface area is 202 Å². The van der Waals surface area contributed by atoms with Crippen LogP contribution in [0.1, 0.15) is 25.3 Å². The van der Waals surface area contributed by atoms with E-state index < -0.39 is 21.9 Å². The van der Waals surface area contributed by atoms with Crippen LogP contribution in [0.2, 0.25) is 0 Å². The number of alkyl halides is 2. The molecule has 10 nitrogen and oxygen atoms in total. The van der Waals surface area contributed by atoms with Crippen LogP contribution in [0.4, 0.5) is 14.6 Å². The molecule has 0 amide bonds. The van der Waals surface area contributed by atoms with Crippen molar-refractivity contribution < 1.29 is 17.2 Å². The highest BCUT2D eigenvalue weighted by atomic mass is 32.2. The second-order valence-corrected chi connectivity index (χ2v) is 11.2. The molecule has 1 atom stereocenters. The molecule has 0 aliphatic carbocycles. The molecule has 0 bridgehead atoms. The van der Waals surface area contributed by atoms with Gasteiger partial charge in [0, 0.05) is 63.3 Å². The molecule has 0 spiro atoms. The number of hydrogen-bond acceptors (Lipinski definition) is 8. The third-order valence-electron chi connectivity index (χ3n) is 6.76. The van der Waals surface area contributed by atoms with Crippen LogP contribution in [-0.2, 0) is 10.0 Å². The van der Waals surface area contributed by atoms with Crippen molar-refractivity contribution in [3.63, 3.8) is 0 Å². The van der Waals surface area contributed by atoms with Gasteiger partial charge in [-0.2, -0.15) is 5.10 Å². The first-order valence-electron chi connectivity index (χ1n) is 11.6. The van der Waals surface area contributed by atoms with Crippen molar-refractivity contribution in [2.24, 2.45) is 5.92 Å². The van der Waals surface area contributed by atoms with E-state index in [4.69, 9.17) is 0 Å². The fourth-order valence-corrected chi connectivity index (χ4v) is 5.55. The first-order valence-corrected chi connectivity index (χ1v) is 13.5. The highest BCUT2D eigenvalue weighted by Crippen LogP contribution is 2.32. The van der Waals surface area contributed by atoms with Crippen LogP contribution in [0, 0.1) is 5.92 Å². The van der Waals surface area contributed by atoms with E-state index >= 15 is 0 Å². The van der Waals surface area contributed by atoms with Crippen molar-refractivity contribution >= 4 is 26.9 Å². The number of hydrogen-bond donors (Lipinski definition) is 2. The van der Waals surface area contributed by atoms with Crippen molar-refractivity contribution in [2.75, 3.05) is 44.3 Å². The summed E-state index contributed by atoms with van der Waals surface area (Å²) in [5, 5.41) is 10.6. The SMILES string of the molecule is CS(=O)(=O)N1CCC(n2cc(-c3cc4nccnc4c(NC[C@H]4CNCCC4(F)F)n3)cn2)CC1. The summed E-state index contributed by atoms with van der Waals surface area (Å²) in [5.74, 6) is -3.19. The summed E-state index contributed by atoms with van der Waals surface area (Å²) in [6, 6.07) is 1.89. The third kappa shape index (κ3) is 5.11. The Morgan fingerprint density at radius 1 is 1.23 bits per heavy atom. The third-order valence-corrected chi connectivity index (χ3v) is 8.06. The molecule has 0 radical (unpaired) electrons. The number of halogens is 2. The van der Waals surface area contributed by atoms with Crippen molar-refractivity contribution in [3.05, 3.63) is 30.9 Å². The number of anilines is 1. The summed E-state index contributed by atoms with van der Waals surface area (Å²) < 4.78 is 55.5. The van der Waals surface area contributed by atoms with E-state index in [9.17, 15) is 17.2 Å². The molecule has 13 heteroatoms. The van der Waals surface area contributed by atoms with Gasteiger partial charge in [0.05, 0.1) is 35.6 Å². The number of fused-ring (bicyclic) bond motifs is 1. The predicted octanol–water partition coefficient (Wildman–Crippen LogP) is 2.14. The molecule has 0 aromatic carbocycles. The van der Waals surface area contributed by atoms with Crippen molar-refractivity contribution in [3.8, 4) is 11.3 Å². The average molecular weight is 507 g/mol. The van der Waals surface area contributed by atoms with Crippen molar-refractivity contribution in [1.82, 2.24) is 34.4 Å². The van der Waals surface area contributed by atoms with E-state index in [1.54, 1.807) is 24.7 Å². The maximum absolute atomic E-state index is 14.3. The second kappa shape index (κ2) is 9.36. The van der Waals surface area contributed by atoms with Crippen molar-refractivity contribution in [1.29, 1.82) is 0 Å². The number of sulfonamides is 1. The molecular weight excluding hydrogens is 478 g/mol. The number of pyridine rings is 1. The molecular formula is C22H28F2N8O2S. The molecule has 5 heterocycles. The molecule has 0 unspecified atom stereocenters. The van der Waals surface area contributed by atoms with Gasteiger partial charge in [-0.1, -0.05) is 0 Å². The highest BCUT2D eigenvalue weighted by Gasteiger charge is 2.41. The summed E-state index contributed by atoms with van der Waals surface area (Å²) >= 11 is 0. The first kappa shape index (κ1) is 23.9. The fraction of sp³-hybridized carbons (Fsp3) is 0.545. The molecule has 2 saturated heterocycles. The Morgan fingerprint density at radius 2 is 2.00 bits per heavy atom. The summed E-state index contributed by atoms with van der Waals surface area (Å²) in [6.45, 7) is 1.51. The number of nitrogens with one attached hydrogen (secondary N) is 2. The van der Waals surface area contributed by atoms with Crippen LogP contribution < -0.4 is 10.6 Å². The molecule has 35 heavy (non-hydrogen) atoms. The van der Waals surface area contributed by atoms with Gasteiger partial charge < -0.3 is 10.6 Å². The normalized spacial score (nSPS) is 21.9. The Morgan fingerprint density at radius 3 is 2.74 bits per heavy atom. The summed E-state index contributed by atoms with van der Waals surface area (Å²) in [5.41, 5.74) is 2.48. The van der Waals surface area contributed by atoms with E-state index in [-0.39, 0.29) is 25.6 Å². The van der Waals surface area contributed by atoms with E-state index in [1.165, 1.54) is 10.6 Å². The lowest BCUT2D eigenvalue weighted by Gasteiger charge is -2.32. The Kier molecular flexibility index (Phi) is 6.40. The van der Waals surface area contributed by atoms with E-state index in [2.05, 4.69) is 30.7 Å². The molecule has 3 aromatic heterocycles. The van der Waals surface area contributed by atoms with Gasteiger partial charge in [-0.15, -0.1) is 0 Å². The fourth-order valence-electron chi connectivity index (χ4n) is 4.68. The average Bonchev–Trinajstić information content (AvgIpc) is 3.33. The zero-order valence-corrected chi connectivity index (χ0v) is 20.2. The van der Waals surface area contributed by atoms with Gasteiger partial charge in [0.15, 0.2) is 5.82 Å². The molecule has 0 saturated carbocycles. The smallest absolute Gasteiger partial charge is 0.255 e. The molecule has 2 aliphatic heterocycles.